The Kier molecular flexibility index (Phi) is 3.67. The third-order valence-electron chi connectivity index (χ3n) is 1.63. The zero-order valence-electron chi connectivity index (χ0n) is 8.25. The van der Waals surface area contributed by atoms with Gasteiger partial charge in [-0.25, -0.2) is 4.99 Å². The Balaban J connectivity index is 2.94. The highest BCUT2D eigenvalue weighted by atomic mass is 16.4. The van der Waals surface area contributed by atoms with Crippen LogP contribution in [0.4, 0.5) is 5.69 Å². The molecule has 1 aromatic carbocycles. The lowest BCUT2D eigenvalue weighted by atomic mass is 10.3. The highest BCUT2D eigenvalue weighted by Gasteiger charge is 1.97. The Morgan fingerprint density at radius 2 is 1.93 bits per heavy atom. The zero-order chi connectivity index (χ0) is 10.4. The second-order valence-electron chi connectivity index (χ2n) is 2.94. The molecule has 1 aromatic rings. The molecule has 0 atom stereocenters. The lowest BCUT2D eigenvalue weighted by molar-refractivity contribution is 0.322. The summed E-state index contributed by atoms with van der Waals surface area (Å²) >= 11 is 0. The predicted octanol–water partition coefficient (Wildman–Crippen LogP) is 1.74. The van der Waals surface area contributed by atoms with Gasteiger partial charge in [-0.3, -0.25) is 0 Å². The fourth-order valence-electron chi connectivity index (χ4n) is 0.931. The van der Waals surface area contributed by atoms with E-state index in [4.69, 9.17) is 5.21 Å². The summed E-state index contributed by atoms with van der Waals surface area (Å²) in [5.41, 5.74) is 0.830. The minimum atomic E-state index is 0.596. The molecule has 0 fully saturated rings. The molecule has 4 heteroatoms. The van der Waals surface area contributed by atoms with Crippen LogP contribution in [0, 0.1) is 0 Å². The molecule has 0 saturated heterocycles. The van der Waals surface area contributed by atoms with Crippen molar-refractivity contribution < 1.29 is 5.21 Å². The Morgan fingerprint density at radius 1 is 1.29 bits per heavy atom. The van der Waals surface area contributed by atoms with Gasteiger partial charge >= 0.3 is 0 Å². The number of amidine groups is 1. The fraction of sp³-hybridized carbons (Fsp3) is 0.200. The van der Waals surface area contributed by atoms with E-state index in [0.717, 1.165) is 5.69 Å². The van der Waals surface area contributed by atoms with Gasteiger partial charge in [-0.15, -0.1) is 0 Å². The van der Waals surface area contributed by atoms with Gasteiger partial charge in [-0.2, -0.15) is 0 Å². The van der Waals surface area contributed by atoms with Crippen molar-refractivity contribution in [2.45, 2.75) is 0 Å². The van der Waals surface area contributed by atoms with Crippen molar-refractivity contribution in [1.29, 1.82) is 0 Å². The Labute approximate surface area is 83.2 Å². The smallest absolute Gasteiger partial charge is 0.150 e. The van der Waals surface area contributed by atoms with Crippen LogP contribution in [0.2, 0.25) is 0 Å². The molecule has 0 aliphatic heterocycles. The van der Waals surface area contributed by atoms with E-state index in [-0.39, 0.29) is 0 Å². The molecule has 1 rings (SSSR count). The van der Waals surface area contributed by atoms with Gasteiger partial charge in [0.15, 0.2) is 5.84 Å². The molecule has 0 aliphatic rings. The van der Waals surface area contributed by atoms with E-state index in [1.165, 1.54) is 6.21 Å². The number of oxime groups is 1. The van der Waals surface area contributed by atoms with Gasteiger partial charge in [0.25, 0.3) is 0 Å². The average molecular weight is 191 g/mol. The highest BCUT2D eigenvalue weighted by molar-refractivity contribution is 6.29. The molecule has 4 nitrogen and oxygen atoms in total. The topological polar surface area (TPSA) is 48.2 Å². The van der Waals surface area contributed by atoms with Gasteiger partial charge < -0.3 is 10.1 Å². The maximum absolute atomic E-state index is 8.43. The maximum atomic E-state index is 8.43. The number of nitrogens with zero attached hydrogens (tertiary/aromatic N) is 3. The molecular formula is C10H13N3O. The summed E-state index contributed by atoms with van der Waals surface area (Å²) in [6, 6.07) is 9.50. The van der Waals surface area contributed by atoms with E-state index in [2.05, 4.69) is 10.1 Å². The summed E-state index contributed by atoms with van der Waals surface area (Å²) in [6.07, 6.45) is 1.30. The molecule has 74 valence electrons. The van der Waals surface area contributed by atoms with E-state index < -0.39 is 0 Å². The van der Waals surface area contributed by atoms with Crippen LogP contribution < -0.4 is 0 Å². The van der Waals surface area contributed by atoms with Crippen LogP contribution in [-0.4, -0.2) is 36.3 Å². The number of hydrogen-bond acceptors (Lipinski definition) is 3. The van der Waals surface area contributed by atoms with Gasteiger partial charge in [-0.1, -0.05) is 23.4 Å². The van der Waals surface area contributed by atoms with Gasteiger partial charge in [-0.05, 0) is 12.1 Å². The molecule has 0 bridgehead atoms. The van der Waals surface area contributed by atoms with Crippen LogP contribution in [0.3, 0.4) is 0 Å². The summed E-state index contributed by atoms with van der Waals surface area (Å²) < 4.78 is 0. The lowest BCUT2D eigenvalue weighted by Crippen LogP contribution is -2.22. The molecule has 0 unspecified atom stereocenters. The number of aliphatic imine (C=N–C) groups is 1. The first-order chi connectivity index (χ1) is 6.74. The quantitative estimate of drug-likeness (QED) is 0.335. The normalized spacial score (nSPS) is 12.0. The molecule has 0 heterocycles. The first kappa shape index (κ1) is 10.2. The molecule has 0 radical (unpaired) electrons. The molecule has 0 amide bonds. The molecule has 0 spiro atoms. The number of hydrogen-bond donors (Lipinski definition) is 1. The molecular weight excluding hydrogens is 178 g/mol. The van der Waals surface area contributed by atoms with Gasteiger partial charge in [0.05, 0.1) is 5.69 Å². The van der Waals surface area contributed by atoms with Crippen LogP contribution in [0.25, 0.3) is 0 Å². The van der Waals surface area contributed by atoms with E-state index in [9.17, 15) is 0 Å². The van der Waals surface area contributed by atoms with Crippen molar-refractivity contribution in [2.24, 2.45) is 10.1 Å². The molecule has 14 heavy (non-hydrogen) atoms. The average Bonchev–Trinajstić information content (AvgIpc) is 2.18. The van der Waals surface area contributed by atoms with Crippen molar-refractivity contribution in [2.75, 3.05) is 14.1 Å². The number of benzene rings is 1. The first-order valence-electron chi connectivity index (χ1n) is 4.22. The zero-order valence-corrected chi connectivity index (χ0v) is 8.25. The van der Waals surface area contributed by atoms with E-state index in [1.807, 2.05) is 44.4 Å². The second-order valence-corrected chi connectivity index (χ2v) is 2.94. The lowest BCUT2D eigenvalue weighted by Gasteiger charge is -2.10. The highest BCUT2D eigenvalue weighted by Crippen LogP contribution is 2.09. The second kappa shape index (κ2) is 5.01. The summed E-state index contributed by atoms with van der Waals surface area (Å²) in [5.74, 6) is 0.596. The monoisotopic (exact) mass is 191 g/mol. The Bertz CT molecular complexity index is 330. The van der Waals surface area contributed by atoms with E-state index in [1.54, 1.807) is 4.90 Å². The predicted molar refractivity (Wildman–Crippen MR) is 57.5 cm³/mol. The van der Waals surface area contributed by atoms with Crippen LogP contribution in [0.5, 0.6) is 0 Å². The van der Waals surface area contributed by atoms with E-state index >= 15 is 0 Å². The van der Waals surface area contributed by atoms with Gasteiger partial charge in [0.1, 0.15) is 6.21 Å². The maximum Gasteiger partial charge on any atom is 0.150 e. The standard InChI is InChI=1S/C10H13N3O/c1-13(2)10(8-11-14)12-9-6-4-3-5-7-9/h3-8,14H,1-2H3/b11-8+,12-10?. The summed E-state index contributed by atoms with van der Waals surface area (Å²) in [4.78, 5) is 6.05. The van der Waals surface area contributed by atoms with Crippen molar-refractivity contribution >= 4 is 17.7 Å². The van der Waals surface area contributed by atoms with Crippen LogP contribution in [0.15, 0.2) is 40.5 Å². The van der Waals surface area contributed by atoms with Crippen LogP contribution in [0.1, 0.15) is 0 Å². The molecule has 0 aliphatic carbocycles. The Hall–Kier alpha value is -1.84. The summed E-state index contributed by atoms with van der Waals surface area (Å²) in [6.45, 7) is 0. The number of rotatable bonds is 2. The summed E-state index contributed by atoms with van der Waals surface area (Å²) in [5, 5.41) is 11.4. The van der Waals surface area contributed by atoms with Gasteiger partial charge in [0.2, 0.25) is 0 Å². The fourth-order valence-corrected chi connectivity index (χ4v) is 0.931. The number of para-hydroxylation sites is 1. The largest absolute Gasteiger partial charge is 0.411 e. The third kappa shape index (κ3) is 2.90. The van der Waals surface area contributed by atoms with Gasteiger partial charge in [0, 0.05) is 14.1 Å². The van der Waals surface area contributed by atoms with Crippen LogP contribution >= 0.6 is 0 Å². The molecule has 1 N–H and O–H groups in total. The van der Waals surface area contributed by atoms with E-state index in [0.29, 0.717) is 5.84 Å². The van der Waals surface area contributed by atoms with Crippen molar-refractivity contribution in [1.82, 2.24) is 4.90 Å². The molecule has 0 saturated carbocycles. The van der Waals surface area contributed by atoms with Crippen molar-refractivity contribution in [3.8, 4) is 0 Å². The minimum absolute atomic E-state index is 0.596. The van der Waals surface area contributed by atoms with Crippen LogP contribution in [-0.2, 0) is 0 Å². The first-order valence-corrected chi connectivity index (χ1v) is 4.22. The minimum Gasteiger partial charge on any atom is -0.411 e. The summed E-state index contributed by atoms with van der Waals surface area (Å²) in [7, 11) is 3.67. The molecule has 0 aromatic heterocycles. The van der Waals surface area contributed by atoms with Crippen molar-refractivity contribution in [3.05, 3.63) is 30.3 Å². The third-order valence-corrected chi connectivity index (χ3v) is 1.63. The Morgan fingerprint density at radius 3 is 2.43 bits per heavy atom. The SMILES string of the molecule is CN(C)C(/C=N/O)=Nc1ccccc1. The van der Waals surface area contributed by atoms with Crippen molar-refractivity contribution in [3.63, 3.8) is 0 Å².